The van der Waals surface area contributed by atoms with Gasteiger partial charge in [0.1, 0.15) is 11.5 Å². The molecule has 9 heteroatoms. The third kappa shape index (κ3) is 8.67. The fourth-order valence-corrected chi connectivity index (χ4v) is 4.20. The van der Waals surface area contributed by atoms with Gasteiger partial charge in [-0.3, -0.25) is 0 Å². The number of nitrogens with one attached hydrogen (secondary N) is 1. The number of ether oxygens (including phenoxy) is 1. The number of rotatable bonds is 11. The van der Waals surface area contributed by atoms with Gasteiger partial charge in [0, 0.05) is 16.4 Å². The average molecular weight is 475 g/mol. The number of H-pyrrole nitrogens is 1. The van der Waals surface area contributed by atoms with E-state index in [1.54, 1.807) is 17.8 Å². The fraction of sp³-hybridized carbons (Fsp3) is 0.435. The van der Waals surface area contributed by atoms with Crippen LogP contribution < -0.4 is 63.9 Å². The zero-order chi connectivity index (χ0) is 21.4. The van der Waals surface area contributed by atoms with E-state index in [-0.39, 0.29) is 73.1 Å². The topological polar surface area (TPSA) is 83.9 Å². The molecule has 0 atom stereocenters. The molecule has 3 rings (SSSR count). The summed E-state index contributed by atoms with van der Waals surface area (Å²) in [5.41, 5.74) is 1.03. The van der Waals surface area contributed by atoms with Crippen LogP contribution in [0.4, 0.5) is 0 Å². The number of tetrazole rings is 1. The molecule has 0 bridgehead atoms. The molecule has 0 fully saturated rings. The van der Waals surface area contributed by atoms with Crippen molar-refractivity contribution in [3.8, 4) is 11.5 Å². The van der Waals surface area contributed by atoms with Gasteiger partial charge in [0.2, 0.25) is 0 Å². The summed E-state index contributed by atoms with van der Waals surface area (Å²) in [7, 11) is 0. The molecule has 0 amide bonds. The second-order valence-corrected chi connectivity index (χ2v) is 9.09. The van der Waals surface area contributed by atoms with Crippen LogP contribution in [-0.4, -0.2) is 32.3 Å². The molecule has 32 heavy (non-hydrogen) atoms. The average Bonchev–Trinajstić information content (AvgIpc) is 3.29. The normalized spacial score (nSPS) is 10.8. The molecule has 0 radical (unpaired) electrons. The first-order valence-electron chi connectivity index (χ1n) is 10.4. The molecule has 0 saturated heterocycles. The van der Waals surface area contributed by atoms with E-state index in [2.05, 4.69) is 41.4 Å². The third-order valence-electron chi connectivity index (χ3n) is 5.15. The van der Waals surface area contributed by atoms with Crippen molar-refractivity contribution in [2.75, 3.05) is 6.61 Å². The SMILES string of the molecule is CCc1cc(Sc2ccccc2)c(O)cc1OCCCCCC(C)(C)c1nn[nH]n1.[H-].[H-].[Na+].[Na+]. The number of aromatic amines is 1. The summed E-state index contributed by atoms with van der Waals surface area (Å²) in [5, 5.41) is 24.9. The van der Waals surface area contributed by atoms with Gasteiger partial charge in [0.05, 0.1) is 11.5 Å². The van der Waals surface area contributed by atoms with Crippen LogP contribution in [0.1, 0.15) is 60.7 Å². The van der Waals surface area contributed by atoms with E-state index in [1.807, 2.05) is 36.4 Å². The Morgan fingerprint density at radius 1 is 1.09 bits per heavy atom. The van der Waals surface area contributed by atoms with Crippen molar-refractivity contribution < 1.29 is 71.8 Å². The molecule has 3 aromatic rings. The van der Waals surface area contributed by atoms with E-state index in [0.29, 0.717) is 6.61 Å². The van der Waals surface area contributed by atoms with Crippen molar-refractivity contribution in [1.82, 2.24) is 20.6 Å². The number of nitrogens with zero attached hydrogens (tertiary/aromatic N) is 3. The van der Waals surface area contributed by atoms with Crippen LogP contribution in [0.2, 0.25) is 0 Å². The smallest absolute Gasteiger partial charge is 1.00 e. The summed E-state index contributed by atoms with van der Waals surface area (Å²) in [6, 6.07) is 13.9. The molecule has 0 saturated carbocycles. The van der Waals surface area contributed by atoms with E-state index in [9.17, 15) is 5.11 Å². The van der Waals surface area contributed by atoms with E-state index in [4.69, 9.17) is 4.74 Å². The number of aromatic nitrogens is 4. The summed E-state index contributed by atoms with van der Waals surface area (Å²) < 4.78 is 6.01. The van der Waals surface area contributed by atoms with E-state index in [1.165, 1.54) is 0 Å². The first-order chi connectivity index (χ1) is 14.5. The molecule has 0 aliphatic heterocycles. The van der Waals surface area contributed by atoms with Gasteiger partial charge < -0.3 is 12.7 Å². The van der Waals surface area contributed by atoms with Gasteiger partial charge in [0.25, 0.3) is 0 Å². The zero-order valence-electron chi connectivity index (χ0n) is 21.9. The predicted octanol–water partition coefficient (Wildman–Crippen LogP) is -0.231. The van der Waals surface area contributed by atoms with Crippen molar-refractivity contribution >= 4 is 11.8 Å². The fourth-order valence-electron chi connectivity index (χ4n) is 3.29. The second-order valence-electron chi connectivity index (χ2n) is 7.97. The molecule has 0 unspecified atom stereocenters. The molecule has 0 aliphatic carbocycles. The summed E-state index contributed by atoms with van der Waals surface area (Å²) in [5.74, 6) is 1.80. The Labute approximate surface area is 242 Å². The van der Waals surface area contributed by atoms with Crippen molar-refractivity contribution in [2.24, 2.45) is 0 Å². The van der Waals surface area contributed by atoms with Gasteiger partial charge in [-0.05, 0) is 43.0 Å². The molecule has 2 N–H and O–H groups in total. The molecule has 0 spiro atoms. The minimum Gasteiger partial charge on any atom is -1.00 e. The van der Waals surface area contributed by atoms with Crippen molar-refractivity contribution in [1.29, 1.82) is 0 Å². The standard InChI is InChI=1S/C23H30N4O2S.2Na.2H/c1-4-17-15-21(30-18-11-7-5-8-12-18)19(28)16-20(17)29-14-10-6-9-13-23(2,3)22-24-26-27-25-22;;;;/h5,7-8,11-12,15-16,28H,4,6,9-10,13-14H2,1-3H3,(H,24,25,26,27);;;;/q;2*+1;2*-1. The minimum absolute atomic E-state index is 0. The number of hydrogen-bond acceptors (Lipinski definition) is 6. The summed E-state index contributed by atoms with van der Waals surface area (Å²) in [4.78, 5) is 1.96. The Kier molecular flexibility index (Phi) is 13.5. The van der Waals surface area contributed by atoms with Crippen LogP contribution >= 0.6 is 11.8 Å². The number of aromatic hydroxyl groups is 1. The Hall–Kier alpha value is -0.540. The van der Waals surface area contributed by atoms with Crippen LogP contribution in [0.5, 0.6) is 11.5 Å². The van der Waals surface area contributed by atoms with Gasteiger partial charge in [-0.15, -0.1) is 10.2 Å². The summed E-state index contributed by atoms with van der Waals surface area (Å²) in [6.45, 7) is 7.02. The molecule has 1 aromatic heterocycles. The number of phenolic OH excluding ortho intramolecular Hbond substituents is 1. The monoisotopic (exact) mass is 474 g/mol. The number of hydrogen-bond donors (Lipinski definition) is 2. The molecule has 164 valence electrons. The summed E-state index contributed by atoms with van der Waals surface area (Å²) >= 11 is 1.57. The second kappa shape index (κ2) is 14.7. The Morgan fingerprint density at radius 2 is 1.84 bits per heavy atom. The van der Waals surface area contributed by atoms with Crippen LogP contribution in [0.25, 0.3) is 0 Å². The van der Waals surface area contributed by atoms with Gasteiger partial charge in [-0.1, -0.05) is 68.8 Å². The third-order valence-corrected chi connectivity index (χ3v) is 6.20. The molecule has 0 aliphatic rings. The predicted molar refractivity (Wildman–Crippen MR) is 121 cm³/mol. The zero-order valence-corrected chi connectivity index (χ0v) is 24.7. The Balaban J connectivity index is 0. The maximum Gasteiger partial charge on any atom is 1.00 e. The first kappa shape index (κ1) is 29.5. The van der Waals surface area contributed by atoms with Crippen LogP contribution in [0.15, 0.2) is 52.3 Å². The van der Waals surface area contributed by atoms with E-state index < -0.39 is 0 Å². The molecule has 2 aromatic carbocycles. The number of benzene rings is 2. The van der Waals surface area contributed by atoms with Crippen molar-refractivity contribution in [3.63, 3.8) is 0 Å². The van der Waals surface area contributed by atoms with Crippen molar-refractivity contribution in [2.45, 2.75) is 68.1 Å². The molecular weight excluding hydrogens is 442 g/mol. The Bertz CT molecular complexity index is 936. The molecule has 6 nitrogen and oxygen atoms in total. The first-order valence-corrected chi connectivity index (χ1v) is 11.3. The number of unbranched alkanes of at least 4 members (excludes halogenated alkanes) is 2. The van der Waals surface area contributed by atoms with E-state index in [0.717, 1.165) is 59.0 Å². The minimum atomic E-state index is -0.0821. The number of phenols is 1. The van der Waals surface area contributed by atoms with E-state index >= 15 is 0 Å². The van der Waals surface area contributed by atoms with Crippen LogP contribution in [-0.2, 0) is 11.8 Å². The maximum absolute atomic E-state index is 10.5. The maximum atomic E-state index is 10.5. The van der Waals surface area contributed by atoms with Gasteiger partial charge in [0.15, 0.2) is 5.82 Å². The van der Waals surface area contributed by atoms with Crippen molar-refractivity contribution in [3.05, 3.63) is 53.9 Å². The van der Waals surface area contributed by atoms with Crippen LogP contribution in [0, 0.1) is 0 Å². The van der Waals surface area contributed by atoms with Gasteiger partial charge in [-0.25, -0.2) is 0 Å². The largest absolute Gasteiger partial charge is 1.00 e. The number of aryl methyl sites for hydroxylation is 1. The molecular formula is C23H32N4Na2O2S. The van der Waals surface area contributed by atoms with Crippen LogP contribution in [0.3, 0.4) is 0 Å². The molecule has 1 heterocycles. The Morgan fingerprint density at radius 3 is 2.50 bits per heavy atom. The summed E-state index contributed by atoms with van der Waals surface area (Å²) in [6.07, 6.45) is 4.96. The van der Waals surface area contributed by atoms with Gasteiger partial charge >= 0.3 is 59.1 Å². The quantitative estimate of drug-likeness (QED) is 0.295. The van der Waals surface area contributed by atoms with Gasteiger partial charge in [-0.2, -0.15) is 5.21 Å².